The van der Waals surface area contributed by atoms with Crippen LogP contribution in [0.5, 0.6) is 0 Å². The molecule has 0 radical (unpaired) electrons. The van der Waals surface area contributed by atoms with E-state index in [9.17, 15) is 4.79 Å². The Hall–Kier alpha value is -1.92. The van der Waals surface area contributed by atoms with E-state index in [0.717, 1.165) is 11.1 Å². The van der Waals surface area contributed by atoms with Gasteiger partial charge in [-0.3, -0.25) is 4.79 Å². The molecule has 1 aromatic heterocycles. The van der Waals surface area contributed by atoms with E-state index in [1.807, 2.05) is 25.1 Å². The van der Waals surface area contributed by atoms with E-state index < -0.39 is 0 Å². The molecule has 6 nitrogen and oxygen atoms in total. The van der Waals surface area contributed by atoms with Gasteiger partial charge < -0.3 is 19.8 Å². The van der Waals surface area contributed by atoms with Gasteiger partial charge in [0.1, 0.15) is 11.6 Å². The molecule has 2 atom stereocenters. The fourth-order valence-electron chi connectivity index (χ4n) is 2.57. The highest BCUT2D eigenvalue weighted by molar-refractivity contribution is 5.96. The molecule has 1 aliphatic heterocycles. The first-order valence-electron chi connectivity index (χ1n) is 7.91. The highest BCUT2D eigenvalue weighted by atomic mass is 16.5. The first kappa shape index (κ1) is 16.0. The molecule has 1 saturated heterocycles. The van der Waals surface area contributed by atoms with E-state index in [-0.39, 0.29) is 23.5 Å². The predicted octanol–water partition coefficient (Wildman–Crippen LogP) is 2.44. The van der Waals surface area contributed by atoms with Crippen LogP contribution in [0.4, 0.5) is 5.69 Å². The number of morpholine rings is 1. The van der Waals surface area contributed by atoms with Crippen molar-refractivity contribution in [3.63, 3.8) is 0 Å². The molecule has 1 aromatic carbocycles. The predicted molar refractivity (Wildman–Crippen MR) is 88.5 cm³/mol. The van der Waals surface area contributed by atoms with Crippen molar-refractivity contribution in [3.8, 4) is 0 Å². The van der Waals surface area contributed by atoms with Crippen LogP contribution in [0.25, 0.3) is 11.1 Å². The van der Waals surface area contributed by atoms with E-state index >= 15 is 0 Å². The molecule has 0 spiro atoms. The van der Waals surface area contributed by atoms with Crippen LogP contribution >= 0.6 is 0 Å². The van der Waals surface area contributed by atoms with Gasteiger partial charge in [-0.1, -0.05) is 20.8 Å². The maximum atomic E-state index is 12.4. The second kappa shape index (κ2) is 5.94. The molecule has 6 heteroatoms. The van der Waals surface area contributed by atoms with Gasteiger partial charge in [0.2, 0.25) is 11.8 Å². The summed E-state index contributed by atoms with van der Waals surface area (Å²) in [5.74, 6) is 0.586. The van der Waals surface area contributed by atoms with Crippen molar-refractivity contribution in [3.05, 3.63) is 24.1 Å². The van der Waals surface area contributed by atoms with Crippen LogP contribution in [0, 0.1) is 0 Å². The van der Waals surface area contributed by atoms with Crippen LogP contribution in [-0.2, 0) is 14.9 Å². The van der Waals surface area contributed by atoms with Gasteiger partial charge in [-0.15, -0.1) is 0 Å². The minimum atomic E-state index is -0.345. The van der Waals surface area contributed by atoms with Crippen molar-refractivity contribution in [2.45, 2.75) is 45.3 Å². The Balaban J connectivity index is 1.79. The largest absolute Gasteiger partial charge is 0.440 e. The Labute approximate surface area is 135 Å². The lowest BCUT2D eigenvalue weighted by atomic mass is 9.97. The fraction of sp³-hybridized carbons (Fsp3) is 0.529. The quantitative estimate of drug-likeness (QED) is 0.889. The lowest BCUT2D eigenvalue weighted by Gasteiger charge is -2.29. The molecule has 1 aliphatic rings. The number of oxazole rings is 1. The van der Waals surface area contributed by atoms with Gasteiger partial charge in [0.25, 0.3) is 0 Å². The maximum Gasteiger partial charge on any atom is 0.244 e. The highest BCUT2D eigenvalue weighted by Gasteiger charge is 2.28. The van der Waals surface area contributed by atoms with Gasteiger partial charge in [0, 0.05) is 17.6 Å². The van der Waals surface area contributed by atoms with Gasteiger partial charge in [0.05, 0.1) is 12.7 Å². The number of rotatable bonds is 2. The number of amides is 1. The number of benzene rings is 1. The molecule has 124 valence electrons. The lowest BCUT2D eigenvalue weighted by molar-refractivity contribution is -0.123. The van der Waals surface area contributed by atoms with Crippen LogP contribution in [0.1, 0.15) is 33.6 Å². The Morgan fingerprint density at radius 1 is 1.39 bits per heavy atom. The average molecular weight is 317 g/mol. The van der Waals surface area contributed by atoms with Crippen molar-refractivity contribution in [1.82, 2.24) is 10.3 Å². The molecule has 2 heterocycles. The third-order valence-electron chi connectivity index (χ3n) is 3.90. The number of hydrogen-bond acceptors (Lipinski definition) is 5. The molecule has 2 N–H and O–H groups in total. The average Bonchev–Trinajstić information content (AvgIpc) is 2.91. The van der Waals surface area contributed by atoms with Crippen LogP contribution in [0.3, 0.4) is 0 Å². The van der Waals surface area contributed by atoms with Crippen LogP contribution in [0.15, 0.2) is 22.6 Å². The Morgan fingerprint density at radius 2 is 2.17 bits per heavy atom. The Bertz CT molecular complexity index is 717. The van der Waals surface area contributed by atoms with Gasteiger partial charge >= 0.3 is 0 Å². The van der Waals surface area contributed by atoms with Gasteiger partial charge in [-0.2, -0.15) is 0 Å². The monoisotopic (exact) mass is 317 g/mol. The smallest absolute Gasteiger partial charge is 0.244 e. The molecule has 23 heavy (non-hydrogen) atoms. The molecule has 2 aromatic rings. The molecule has 0 unspecified atom stereocenters. The molecule has 0 saturated carbocycles. The third-order valence-corrected chi connectivity index (χ3v) is 3.90. The first-order chi connectivity index (χ1) is 10.8. The molecule has 0 aliphatic carbocycles. The number of anilines is 1. The fourth-order valence-corrected chi connectivity index (χ4v) is 2.57. The second-order valence-electron chi connectivity index (χ2n) is 6.95. The van der Waals surface area contributed by atoms with Crippen LogP contribution in [0.2, 0.25) is 0 Å². The number of nitrogens with zero attached hydrogens (tertiary/aromatic N) is 1. The normalized spacial score (nSPS) is 22.3. The van der Waals surface area contributed by atoms with Crippen molar-refractivity contribution >= 4 is 22.7 Å². The number of carbonyl (C=O) groups excluding carboxylic acids is 1. The summed E-state index contributed by atoms with van der Waals surface area (Å²) in [4.78, 5) is 16.9. The summed E-state index contributed by atoms with van der Waals surface area (Å²) in [6, 6.07) is 5.15. The minimum absolute atomic E-state index is 0.101. The zero-order chi connectivity index (χ0) is 16.6. The maximum absolute atomic E-state index is 12.4. The molecule has 1 amide bonds. The van der Waals surface area contributed by atoms with E-state index in [1.54, 1.807) is 0 Å². The summed E-state index contributed by atoms with van der Waals surface area (Å²) < 4.78 is 11.3. The van der Waals surface area contributed by atoms with E-state index in [2.05, 4.69) is 36.4 Å². The van der Waals surface area contributed by atoms with Gasteiger partial charge in [-0.05, 0) is 25.1 Å². The van der Waals surface area contributed by atoms with Crippen molar-refractivity contribution in [2.75, 3.05) is 18.5 Å². The number of aromatic nitrogens is 1. The third kappa shape index (κ3) is 3.38. The van der Waals surface area contributed by atoms with Crippen molar-refractivity contribution < 1.29 is 13.9 Å². The van der Waals surface area contributed by atoms with E-state index in [0.29, 0.717) is 24.7 Å². The summed E-state index contributed by atoms with van der Waals surface area (Å²) in [5.41, 5.74) is 2.02. The van der Waals surface area contributed by atoms with Crippen molar-refractivity contribution in [1.29, 1.82) is 0 Å². The zero-order valence-corrected chi connectivity index (χ0v) is 14.0. The molecular formula is C17H23N3O3. The summed E-state index contributed by atoms with van der Waals surface area (Å²) in [6.07, 6.45) is -0.146. The molecular weight excluding hydrogens is 294 g/mol. The van der Waals surface area contributed by atoms with E-state index in [4.69, 9.17) is 9.15 Å². The zero-order valence-electron chi connectivity index (χ0n) is 14.0. The minimum Gasteiger partial charge on any atom is -0.440 e. The van der Waals surface area contributed by atoms with Crippen LogP contribution in [-0.4, -0.2) is 36.2 Å². The number of ether oxygens (including phenoxy) is 1. The Kier molecular flexibility index (Phi) is 4.12. The lowest BCUT2D eigenvalue weighted by Crippen LogP contribution is -2.53. The van der Waals surface area contributed by atoms with Gasteiger partial charge in [0.15, 0.2) is 5.58 Å². The number of carbonyl (C=O) groups is 1. The number of nitrogens with one attached hydrogen (secondary N) is 2. The Morgan fingerprint density at radius 3 is 2.87 bits per heavy atom. The van der Waals surface area contributed by atoms with E-state index in [1.165, 1.54) is 0 Å². The van der Waals surface area contributed by atoms with Crippen LogP contribution < -0.4 is 10.6 Å². The standard InChI is InChI=1S/C17H23N3O3/c1-10-14(18-7-8-22-10)15(21)19-11-5-6-13-12(9-11)20-16(23-13)17(2,3)4/h5-6,9-10,14,18H,7-8H2,1-4H3,(H,19,21)/t10-,14+/m1/s1. The van der Waals surface area contributed by atoms with Crippen molar-refractivity contribution in [2.24, 2.45) is 0 Å². The molecule has 3 rings (SSSR count). The highest BCUT2D eigenvalue weighted by Crippen LogP contribution is 2.27. The summed E-state index contributed by atoms with van der Waals surface area (Å²) in [5, 5.41) is 6.10. The molecule has 0 bridgehead atoms. The van der Waals surface area contributed by atoms with Gasteiger partial charge in [-0.25, -0.2) is 4.98 Å². The number of hydrogen-bond donors (Lipinski definition) is 2. The summed E-state index contributed by atoms with van der Waals surface area (Å²) >= 11 is 0. The summed E-state index contributed by atoms with van der Waals surface area (Å²) in [7, 11) is 0. The second-order valence-corrected chi connectivity index (χ2v) is 6.95. The SMILES string of the molecule is C[C@H]1OCCN[C@@H]1C(=O)Nc1ccc2oc(C(C)(C)C)nc2c1. The first-order valence-corrected chi connectivity index (χ1v) is 7.91. The summed E-state index contributed by atoms with van der Waals surface area (Å²) in [6.45, 7) is 9.36. The molecule has 1 fully saturated rings. The topological polar surface area (TPSA) is 76.4 Å². The number of fused-ring (bicyclic) bond motifs is 1.